The normalized spacial score (nSPS) is 33.6. The Morgan fingerprint density at radius 2 is 2.10 bits per heavy atom. The van der Waals surface area contributed by atoms with Gasteiger partial charge in [0.05, 0.1) is 0 Å². The lowest BCUT2D eigenvalue weighted by molar-refractivity contribution is -0.146. The number of likely N-dealkylation sites (N-methyl/N-ethyl adjacent to an activating group) is 1. The quantitative estimate of drug-likeness (QED) is 0.733. The first-order valence-electron chi connectivity index (χ1n) is 7.92. The van der Waals surface area contributed by atoms with Gasteiger partial charge in [0.2, 0.25) is 0 Å². The first-order chi connectivity index (χ1) is 9.93. The Kier molecular flexibility index (Phi) is 5.08. The maximum Gasteiger partial charge on any atom is 0.329 e. The number of nitrogens with one attached hydrogen (secondary N) is 2. The molecular formula is C15H27N3O3. The van der Waals surface area contributed by atoms with Crippen molar-refractivity contribution in [1.29, 1.82) is 0 Å². The van der Waals surface area contributed by atoms with Crippen molar-refractivity contribution < 1.29 is 14.7 Å². The third-order valence-corrected chi connectivity index (χ3v) is 4.93. The Balaban J connectivity index is 1.88. The molecule has 0 aromatic rings. The molecule has 1 aliphatic heterocycles. The summed E-state index contributed by atoms with van der Waals surface area (Å²) < 4.78 is 0. The lowest BCUT2D eigenvalue weighted by atomic mass is 9.76. The molecule has 2 rings (SSSR count). The van der Waals surface area contributed by atoms with E-state index in [1.807, 2.05) is 6.92 Å². The van der Waals surface area contributed by atoms with Gasteiger partial charge in [-0.15, -0.1) is 0 Å². The Morgan fingerprint density at radius 1 is 1.33 bits per heavy atom. The summed E-state index contributed by atoms with van der Waals surface area (Å²) >= 11 is 0. The zero-order chi connectivity index (χ0) is 15.5. The number of hydrogen-bond donors (Lipinski definition) is 3. The number of rotatable bonds is 4. The maximum atomic E-state index is 12.1. The monoisotopic (exact) mass is 297 g/mol. The van der Waals surface area contributed by atoms with E-state index in [2.05, 4.69) is 22.6 Å². The maximum absolute atomic E-state index is 12.1. The van der Waals surface area contributed by atoms with E-state index in [0.29, 0.717) is 31.3 Å². The van der Waals surface area contributed by atoms with Crippen molar-refractivity contribution in [3.8, 4) is 0 Å². The van der Waals surface area contributed by atoms with E-state index in [-0.39, 0.29) is 6.03 Å². The van der Waals surface area contributed by atoms with Crippen molar-refractivity contribution in [2.75, 3.05) is 20.1 Å². The predicted octanol–water partition coefficient (Wildman–Crippen LogP) is 1.41. The van der Waals surface area contributed by atoms with Crippen LogP contribution in [-0.4, -0.2) is 53.7 Å². The molecule has 1 heterocycles. The minimum atomic E-state index is -1.09. The molecular weight excluding hydrogens is 270 g/mol. The molecule has 2 amide bonds. The number of amides is 2. The number of urea groups is 1. The van der Waals surface area contributed by atoms with Crippen LogP contribution in [0.2, 0.25) is 0 Å². The van der Waals surface area contributed by atoms with Crippen molar-refractivity contribution in [2.45, 2.75) is 57.0 Å². The topological polar surface area (TPSA) is 81.7 Å². The first-order valence-corrected chi connectivity index (χ1v) is 7.92. The highest BCUT2D eigenvalue weighted by Crippen LogP contribution is 2.32. The molecule has 3 atom stereocenters. The summed E-state index contributed by atoms with van der Waals surface area (Å²) in [6.07, 6.45) is 5.14. The van der Waals surface area contributed by atoms with Crippen molar-refractivity contribution in [2.24, 2.45) is 5.92 Å². The van der Waals surface area contributed by atoms with Gasteiger partial charge in [-0.3, -0.25) is 0 Å². The number of hydrogen-bond acceptors (Lipinski definition) is 3. The minimum Gasteiger partial charge on any atom is -0.480 e. The predicted molar refractivity (Wildman–Crippen MR) is 80.2 cm³/mol. The smallest absolute Gasteiger partial charge is 0.329 e. The second-order valence-corrected chi connectivity index (χ2v) is 6.70. The number of carboxylic acid groups (broad SMARTS) is 1. The molecule has 21 heavy (non-hydrogen) atoms. The molecule has 120 valence electrons. The van der Waals surface area contributed by atoms with Gasteiger partial charge in [0, 0.05) is 12.6 Å². The Morgan fingerprint density at radius 3 is 2.67 bits per heavy atom. The molecule has 0 bridgehead atoms. The molecule has 1 saturated heterocycles. The molecule has 0 aromatic carbocycles. The third kappa shape index (κ3) is 3.87. The third-order valence-electron chi connectivity index (χ3n) is 4.93. The molecule has 0 spiro atoms. The van der Waals surface area contributed by atoms with Gasteiger partial charge < -0.3 is 20.6 Å². The average Bonchev–Trinajstić information content (AvgIpc) is 2.82. The standard InChI is InChI=1S/C15H27N3O3/c1-11-5-3-7-15(9-11,13(19)20)17-14(21)16-10-12-6-4-8-18(12)2/h11-12H,3-10H2,1-2H3,(H,19,20)(H2,16,17,21). The number of carboxylic acids is 1. The van der Waals surface area contributed by atoms with Crippen LogP contribution in [0.15, 0.2) is 0 Å². The summed E-state index contributed by atoms with van der Waals surface area (Å²) in [6.45, 7) is 3.68. The van der Waals surface area contributed by atoms with E-state index in [0.717, 1.165) is 32.2 Å². The van der Waals surface area contributed by atoms with Crippen molar-refractivity contribution in [3.63, 3.8) is 0 Å². The highest BCUT2D eigenvalue weighted by molar-refractivity contribution is 5.86. The fourth-order valence-corrected chi connectivity index (χ4v) is 3.62. The van der Waals surface area contributed by atoms with Gasteiger partial charge in [0.1, 0.15) is 5.54 Å². The summed E-state index contributed by atoms with van der Waals surface area (Å²) in [4.78, 5) is 25.9. The van der Waals surface area contributed by atoms with Gasteiger partial charge in [-0.05, 0) is 45.2 Å². The fourth-order valence-electron chi connectivity index (χ4n) is 3.62. The molecule has 6 nitrogen and oxygen atoms in total. The molecule has 0 aromatic heterocycles. The molecule has 3 unspecified atom stereocenters. The second kappa shape index (κ2) is 6.64. The van der Waals surface area contributed by atoms with Crippen LogP contribution in [0.4, 0.5) is 4.79 Å². The summed E-state index contributed by atoms with van der Waals surface area (Å²) in [6, 6.07) is 0.00797. The van der Waals surface area contributed by atoms with Crippen LogP contribution in [0, 0.1) is 5.92 Å². The van der Waals surface area contributed by atoms with Crippen LogP contribution < -0.4 is 10.6 Å². The van der Waals surface area contributed by atoms with E-state index in [1.165, 1.54) is 0 Å². The molecule has 3 N–H and O–H groups in total. The van der Waals surface area contributed by atoms with Crippen molar-refractivity contribution >= 4 is 12.0 Å². The fraction of sp³-hybridized carbons (Fsp3) is 0.867. The second-order valence-electron chi connectivity index (χ2n) is 6.70. The summed E-state index contributed by atoms with van der Waals surface area (Å²) in [5, 5.41) is 15.1. The number of aliphatic carboxylic acids is 1. The Bertz CT molecular complexity index is 402. The van der Waals surface area contributed by atoms with E-state index in [4.69, 9.17) is 0 Å². The number of nitrogens with zero attached hydrogens (tertiary/aromatic N) is 1. The largest absolute Gasteiger partial charge is 0.480 e. The van der Waals surface area contributed by atoms with Crippen LogP contribution in [0.3, 0.4) is 0 Å². The lowest BCUT2D eigenvalue weighted by Gasteiger charge is -2.37. The van der Waals surface area contributed by atoms with Gasteiger partial charge >= 0.3 is 12.0 Å². The SMILES string of the molecule is CC1CCCC(NC(=O)NCC2CCCN2C)(C(=O)O)C1. The highest BCUT2D eigenvalue weighted by atomic mass is 16.4. The number of carbonyl (C=O) groups is 2. The summed E-state index contributed by atoms with van der Waals surface area (Å²) in [5.74, 6) is -0.585. The molecule has 2 aliphatic rings. The van der Waals surface area contributed by atoms with E-state index in [9.17, 15) is 14.7 Å². The van der Waals surface area contributed by atoms with Gasteiger partial charge in [-0.2, -0.15) is 0 Å². The number of carbonyl (C=O) groups excluding carboxylic acids is 1. The van der Waals surface area contributed by atoms with E-state index in [1.54, 1.807) is 0 Å². The van der Waals surface area contributed by atoms with Crippen LogP contribution in [0.25, 0.3) is 0 Å². The highest BCUT2D eigenvalue weighted by Gasteiger charge is 2.43. The molecule has 2 fully saturated rings. The van der Waals surface area contributed by atoms with Gasteiger partial charge in [-0.25, -0.2) is 9.59 Å². The Labute approximate surface area is 126 Å². The lowest BCUT2D eigenvalue weighted by Crippen LogP contribution is -2.59. The van der Waals surface area contributed by atoms with E-state index < -0.39 is 11.5 Å². The molecule has 1 saturated carbocycles. The summed E-state index contributed by atoms with van der Waals surface area (Å²) in [5.41, 5.74) is -1.09. The molecule has 6 heteroatoms. The van der Waals surface area contributed by atoms with Crippen LogP contribution in [0.1, 0.15) is 45.4 Å². The number of likely N-dealkylation sites (tertiary alicyclic amines) is 1. The van der Waals surface area contributed by atoms with Crippen LogP contribution in [-0.2, 0) is 4.79 Å². The zero-order valence-electron chi connectivity index (χ0n) is 13.0. The van der Waals surface area contributed by atoms with Crippen molar-refractivity contribution in [1.82, 2.24) is 15.5 Å². The minimum absolute atomic E-state index is 0.330. The average molecular weight is 297 g/mol. The first kappa shape index (κ1) is 16.1. The van der Waals surface area contributed by atoms with Gasteiger partial charge in [0.15, 0.2) is 0 Å². The molecule has 1 aliphatic carbocycles. The van der Waals surface area contributed by atoms with Gasteiger partial charge in [-0.1, -0.05) is 19.8 Å². The van der Waals surface area contributed by atoms with Crippen molar-refractivity contribution in [3.05, 3.63) is 0 Å². The molecule has 0 radical (unpaired) electrons. The van der Waals surface area contributed by atoms with Crippen LogP contribution in [0.5, 0.6) is 0 Å². The van der Waals surface area contributed by atoms with Crippen LogP contribution >= 0.6 is 0 Å². The zero-order valence-corrected chi connectivity index (χ0v) is 13.0. The Hall–Kier alpha value is -1.30. The van der Waals surface area contributed by atoms with E-state index >= 15 is 0 Å². The summed E-state index contributed by atoms with van der Waals surface area (Å²) in [7, 11) is 2.05. The van der Waals surface area contributed by atoms with Gasteiger partial charge in [0.25, 0.3) is 0 Å².